The highest BCUT2D eigenvalue weighted by atomic mass is 35.5. The number of non-ortho nitro benzene ring substituents is 1. The molecule has 114 valence electrons. The van der Waals surface area contributed by atoms with E-state index in [1.54, 1.807) is 0 Å². The minimum absolute atomic E-state index is 0.0284. The number of hydrogen-bond acceptors (Lipinski definition) is 7. The van der Waals surface area contributed by atoms with Crippen LogP contribution in [-0.2, 0) is 0 Å². The molecule has 0 atom stereocenters. The van der Waals surface area contributed by atoms with Gasteiger partial charge in [0.1, 0.15) is 15.6 Å². The van der Waals surface area contributed by atoms with Crippen molar-refractivity contribution in [3.8, 4) is 0 Å². The second kappa shape index (κ2) is 6.22. The molecule has 1 N–H and O–H groups in total. The Hall–Kier alpha value is -2.30. The molecule has 0 unspecified atom stereocenters. The Morgan fingerprint density at radius 2 is 1.91 bits per heavy atom. The van der Waals surface area contributed by atoms with E-state index in [2.05, 4.69) is 9.69 Å². The number of nitrogens with zero attached hydrogens (tertiary/aromatic N) is 3. The maximum absolute atomic E-state index is 12.0. The van der Waals surface area contributed by atoms with Crippen LogP contribution < -0.4 is 5.32 Å². The number of hydrogen-bond donors (Lipinski definition) is 1. The smallest absolute Gasteiger partial charge is 0.299 e. The van der Waals surface area contributed by atoms with Crippen molar-refractivity contribution in [3.05, 3.63) is 53.5 Å². The maximum atomic E-state index is 12.0. The number of amides is 1. The summed E-state index contributed by atoms with van der Waals surface area (Å²) < 4.78 is 3.66. The van der Waals surface area contributed by atoms with Gasteiger partial charge in [0.05, 0.1) is 15.9 Å². The summed E-state index contributed by atoms with van der Waals surface area (Å²) in [6.07, 6.45) is 0. The number of carbonyl (C=O) groups is 1. The lowest BCUT2D eigenvalue weighted by Crippen LogP contribution is -2.12. The van der Waals surface area contributed by atoms with Gasteiger partial charge in [-0.05, 0) is 17.6 Å². The molecule has 0 radical (unpaired) electrons. The minimum atomic E-state index is -0.843. The molecule has 0 aliphatic rings. The van der Waals surface area contributed by atoms with Gasteiger partial charge in [-0.15, -0.1) is 0 Å². The summed E-state index contributed by atoms with van der Waals surface area (Å²) in [4.78, 5) is 31.9. The lowest BCUT2D eigenvalue weighted by Gasteiger charge is -2.04. The molecule has 0 saturated carbocycles. The number of carbonyl (C=O) groups excluding carboxylic acids is 1. The Morgan fingerprint density at radius 3 is 2.41 bits per heavy atom. The van der Waals surface area contributed by atoms with E-state index in [9.17, 15) is 25.0 Å². The third-order valence-electron chi connectivity index (χ3n) is 2.44. The summed E-state index contributed by atoms with van der Waals surface area (Å²) in [6, 6.07) is 2.84. The summed E-state index contributed by atoms with van der Waals surface area (Å²) in [5.74, 6) is -0.758. The van der Waals surface area contributed by atoms with E-state index in [1.807, 2.05) is 0 Å². The number of halogens is 2. The number of benzene rings is 1. The van der Waals surface area contributed by atoms with E-state index in [-0.39, 0.29) is 20.7 Å². The number of rotatable bonds is 4. The van der Waals surface area contributed by atoms with Gasteiger partial charge in [-0.2, -0.15) is 4.37 Å². The average molecular weight is 363 g/mol. The van der Waals surface area contributed by atoms with E-state index in [4.69, 9.17) is 23.2 Å². The van der Waals surface area contributed by atoms with Gasteiger partial charge in [0.25, 0.3) is 17.3 Å². The second-order valence-corrected chi connectivity index (χ2v) is 5.30. The van der Waals surface area contributed by atoms with Gasteiger partial charge >= 0.3 is 0 Å². The molecule has 1 amide bonds. The van der Waals surface area contributed by atoms with Gasteiger partial charge in [-0.25, -0.2) is 0 Å². The van der Waals surface area contributed by atoms with Crippen LogP contribution in [0, 0.1) is 20.2 Å². The largest absolute Gasteiger partial charge is 0.315 e. The summed E-state index contributed by atoms with van der Waals surface area (Å²) in [7, 11) is 0. The fourth-order valence-corrected chi connectivity index (χ4v) is 2.58. The lowest BCUT2D eigenvalue weighted by atomic mass is 10.2. The Bertz CT molecular complexity index is 794. The Morgan fingerprint density at radius 1 is 1.23 bits per heavy atom. The van der Waals surface area contributed by atoms with E-state index in [1.165, 1.54) is 0 Å². The first-order valence-corrected chi connectivity index (χ1v) is 6.89. The molecule has 0 spiro atoms. The molecule has 1 heterocycles. The Kier molecular flexibility index (Phi) is 4.54. The van der Waals surface area contributed by atoms with E-state index < -0.39 is 27.1 Å². The Labute approximate surface area is 135 Å². The molecule has 0 fully saturated rings. The van der Waals surface area contributed by atoms with Gasteiger partial charge in [-0.1, -0.05) is 23.2 Å². The van der Waals surface area contributed by atoms with Crippen LogP contribution in [0.2, 0.25) is 10.2 Å². The van der Waals surface area contributed by atoms with Crippen molar-refractivity contribution in [2.24, 2.45) is 0 Å². The average Bonchev–Trinajstić information content (AvgIpc) is 2.79. The van der Waals surface area contributed by atoms with Crippen LogP contribution in [0.15, 0.2) is 18.2 Å². The van der Waals surface area contributed by atoms with Crippen molar-refractivity contribution in [2.45, 2.75) is 0 Å². The normalized spacial score (nSPS) is 10.3. The van der Waals surface area contributed by atoms with Crippen LogP contribution in [0.3, 0.4) is 0 Å². The molecule has 2 rings (SSSR count). The second-order valence-electron chi connectivity index (χ2n) is 3.79. The third kappa shape index (κ3) is 3.13. The van der Waals surface area contributed by atoms with Crippen molar-refractivity contribution in [3.63, 3.8) is 0 Å². The number of nitro benzene ring substituents is 2. The monoisotopic (exact) mass is 362 g/mol. The van der Waals surface area contributed by atoms with Crippen molar-refractivity contribution < 1.29 is 14.6 Å². The fourth-order valence-electron chi connectivity index (χ4n) is 1.47. The van der Waals surface area contributed by atoms with Crippen LogP contribution in [0.1, 0.15) is 9.67 Å². The van der Waals surface area contributed by atoms with Gasteiger partial charge < -0.3 is 5.32 Å². The van der Waals surface area contributed by atoms with Crippen LogP contribution in [-0.4, -0.2) is 20.1 Å². The maximum Gasteiger partial charge on any atom is 0.299 e. The topological polar surface area (TPSA) is 128 Å². The first kappa shape index (κ1) is 16.1. The molecule has 1 aromatic heterocycles. The highest BCUT2D eigenvalue weighted by Crippen LogP contribution is 2.32. The summed E-state index contributed by atoms with van der Waals surface area (Å²) in [5, 5.41) is 23.7. The van der Waals surface area contributed by atoms with Crippen LogP contribution >= 0.6 is 34.7 Å². The van der Waals surface area contributed by atoms with Crippen molar-refractivity contribution in [1.82, 2.24) is 4.37 Å². The lowest BCUT2D eigenvalue weighted by molar-refractivity contribution is -0.393. The molecule has 1 aromatic carbocycles. The zero-order valence-corrected chi connectivity index (χ0v) is 12.6. The molecule has 0 saturated heterocycles. The Balaban J connectivity index is 2.37. The van der Waals surface area contributed by atoms with Crippen LogP contribution in [0.5, 0.6) is 0 Å². The zero-order valence-electron chi connectivity index (χ0n) is 10.3. The molecule has 2 aromatic rings. The van der Waals surface area contributed by atoms with Crippen LogP contribution in [0.4, 0.5) is 17.1 Å². The SMILES string of the molecule is O=C(Nc1ccc([N+](=O)[O-])cc1[N+](=O)[O-])c1snc(Cl)c1Cl. The minimum Gasteiger partial charge on any atom is -0.315 e. The highest BCUT2D eigenvalue weighted by Gasteiger charge is 2.23. The van der Waals surface area contributed by atoms with Crippen molar-refractivity contribution in [1.29, 1.82) is 0 Å². The molecule has 0 aliphatic carbocycles. The number of nitro groups is 2. The molecular formula is C10H4Cl2N4O5S. The predicted octanol–water partition coefficient (Wildman–Crippen LogP) is 3.52. The molecular weight excluding hydrogens is 359 g/mol. The standard InChI is InChI=1S/C10H4Cl2N4O5S/c11-7-8(22-14-9(7)12)10(17)13-5-2-1-4(15(18)19)3-6(5)16(20)21/h1-3H,(H,13,17). The van der Waals surface area contributed by atoms with Crippen molar-refractivity contribution in [2.75, 3.05) is 5.32 Å². The van der Waals surface area contributed by atoms with Gasteiger partial charge in [0, 0.05) is 6.07 Å². The number of anilines is 1. The first-order chi connectivity index (χ1) is 10.3. The molecule has 22 heavy (non-hydrogen) atoms. The van der Waals surface area contributed by atoms with Crippen molar-refractivity contribution >= 4 is 57.7 Å². The number of nitrogens with one attached hydrogen (secondary N) is 1. The fraction of sp³-hybridized carbons (Fsp3) is 0. The summed E-state index contributed by atoms with van der Waals surface area (Å²) >= 11 is 12.1. The molecule has 0 aliphatic heterocycles. The number of aromatic nitrogens is 1. The quantitative estimate of drug-likeness (QED) is 0.654. The van der Waals surface area contributed by atoms with Gasteiger partial charge in [0.15, 0.2) is 5.15 Å². The van der Waals surface area contributed by atoms with Gasteiger partial charge in [-0.3, -0.25) is 25.0 Å². The zero-order chi connectivity index (χ0) is 16.4. The van der Waals surface area contributed by atoms with Crippen LogP contribution in [0.25, 0.3) is 0 Å². The highest BCUT2D eigenvalue weighted by molar-refractivity contribution is 7.09. The third-order valence-corrected chi connectivity index (χ3v) is 4.24. The predicted molar refractivity (Wildman–Crippen MR) is 79.8 cm³/mol. The molecule has 9 nitrogen and oxygen atoms in total. The van der Waals surface area contributed by atoms with E-state index >= 15 is 0 Å². The van der Waals surface area contributed by atoms with Gasteiger partial charge in [0.2, 0.25) is 0 Å². The summed E-state index contributed by atoms with van der Waals surface area (Å²) in [6.45, 7) is 0. The molecule has 12 heteroatoms. The van der Waals surface area contributed by atoms with E-state index in [0.717, 1.165) is 29.7 Å². The van der Waals surface area contributed by atoms with E-state index in [0.29, 0.717) is 0 Å². The first-order valence-electron chi connectivity index (χ1n) is 5.36. The molecule has 0 bridgehead atoms. The summed E-state index contributed by atoms with van der Waals surface area (Å²) in [5.41, 5.74) is -1.29.